The highest BCUT2D eigenvalue weighted by atomic mass is 14.7. The molecule has 1 N–H and O–H groups in total. The molecule has 2 nitrogen and oxygen atoms in total. The summed E-state index contributed by atoms with van der Waals surface area (Å²) in [6.45, 7) is 0.251. The summed E-state index contributed by atoms with van der Waals surface area (Å²) in [6.07, 6.45) is 1.76. The van der Waals surface area contributed by atoms with Gasteiger partial charge in [0.25, 0.3) is 0 Å². The maximum atomic E-state index is 7.26. The van der Waals surface area contributed by atoms with Gasteiger partial charge in [-0.05, 0) is 11.5 Å². The van der Waals surface area contributed by atoms with Crippen LogP contribution in [-0.2, 0) is 6.54 Å². The van der Waals surface area contributed by atoms with Crippen LogP contribution in [0, 0.1) is 0 Å². The average Bonchev–Trinajstić information content (AvgIpc) is 2.17. The second-order valence-electron chi connectivity index (χ2n) is 2.66. The Hall–Kier alpha value is -1.41. The highest BCUT2D eigenvalue weighted by Crippen LogP contribution is 2.15. The van der Waals surface area contributed by atoms with Crippen molar-refractivity contribution in [1.82, 2.24) is 10.7 Å². The molecule has 0 unspecified atom stereocenters. The van der Waals surface area contributed by atoms with E-state index in [2.05, 4.69) is 4.98 Å². The van der Waals surface area contributed by atoms with Crippen molar-refractivity contribution < 1.29 is 0 Å². The quantitative estimate of drug-likeness (QED) is 0.623. The Morgan fingerprint density at radius 1 is 1.17 bits per heavy atom. The van der Waals surface area contributed by atoms with Crippen LogP contribution in [0.5, 0.6) is 0 Å². The fourth-order valence-corrected chi connectivity index (χ4v) is 1.32. The molecular weight excluding hydrogens is 148 g/mol. The molecule has 0 bridgehead atoms. The Kier molecular flexibility index (Phi) is 1.76. The Bertz CT molecular complexity index is 390. The van der Waals surface area contributed by atoms with E-state index in [0.29, 0.717) is 0 Å². The van der Waals surface area contributed by atoms with E-state index in [9.17, 15) is 0 Å². The van der Waals surface area contributed by atoms with Crippen molar-refractivity contribution in [3.05, 3.63) is 42.2 Å². The fourth-order valence-electron chi connectivity index (χ4n) is 1.32. The molecule has 0 amide bonds. The standard InChI is InChI=1S/C10H9N2/c11-7-10-9-4-2-1-3-8(9)5-6-12-10/h1-6,11H,7H2. The summed E-state index contributed by atoms with van der Waals surface area (Å²) >= 11 is 0. The van der Waals surface area contributed by atoms with Crippen molar-refractivity contribution in [3.63, 3.8) is 0 Å². The van der Waals surface area contributed by atoms with Crippen LogP contribution >= 0.6 is 0 Å². The smallest absolute Gasteiger partial charge is 0.0633 e. The molecule has 0 spiro atoms. The van der Waals surface area contributed by atoms with Gasteiger partial charge in [-0.3, -0.25) is 10.7 Å². The van der Waals surface area contributed by atoms with Gasteiger partial charge in [0.1, 0.15) is 0 Å². The molecule has 0 aliphatic heterocycles. The van der Waals surface area contributed by atoms with Crippen LogP contribution < -0.4 is 5.73 Å². The van der Waals surface area contributed by atoms with Crippen molar-refractivity contribution in [3.8, 4) is 0 Å². The molecule has 2 rings (SSSR count). The van der Waals surface area contributed by atoms with Crippen molar-refractivity contribution >= 4 is 10.8 Å². The van der Waals surface area contributed by atoms with Crippen molar-refractivity contribution in [2.45, 2.75) is 6.54 Å². The Labute approximate surface area is 71.0 Å². The van der Waals surface area contributed by atoms with Gasteiger partial charge in [0.15, 0.2) is 0 Å². The molecule has 0 fully saturated rings. The van der Waals surface area contributed by atoms with Gasteiger partial charge in [-0.15, -0.1) is 0 Å². The van der Waals surface area contributed by atoms with Crippen LogP contribution in [0.1, 0.15) is 5.69 Å². The maximum absolute atomic E-state index is 7.26. The van der Waals surface area contributed by atoms with Crippen LogP contribution in [-0.4, -0.2) is 4.98 Å². The summed E-state index contributed by atoms with van der Waals surface area (Å²) in [4.78, 5) is 4.14. The predicted molar refractivity (Wildman–Crippen MR) is 48.5 cm³/mol. The largest absolute Gasteiger partial charge is 0.259 e. The Balaban J connectivity index is 2.79. The summed E-state index contributed by atoms with van der Waals surface area (Å²) in [5.74, 6) is 0. The van der Waals surface area contributed by atoms with Gasteiger partial charge in [0, 0.05) is 11.6 Å². The molecule has 2 heteroatoms. The second-order valence-corrected chi connectivity index (χ2v) is 2.66. The van der Waals surface area contributed by atoms with Gasteiger partial charge in [-0.2, -0.15) is 0 Å². The first-order chi connectivity index (χ1) is 5.92. The third kappa shape index (κ3) is 1.06. The van der Waals surface area contributed by atoms with E-state index < -0.39 is 0 Å². The fraction of sp³-hybridized carbons (Fsp3) is 0.100. The number of nitrogens with one attached hydrogen (secondary N) is 1. The van der Waals surface area contributed by atoms with E-state index in [1.54, 1.807) is 6.20 Å². The third-order valence-corrected chi connectivity index (χ3v) is 1.92. The van der Waals surface area contributed by atoms with Gasteiger partial charge in [-0.25, -0.2) is 0 Å². The molecule has 1 heterocycles. The molecule has 12 heavy (non-hydrogen) atoms. The summed E-state index contributed by atoms with van der Waals surface area (Å²) in [6, 6.07) is 9.98. The minimum absolute atomic E-state index is 0.251. The van der Waals surface area contributed by atoms with E-state index in [4.69, 9.17) is 5.73 Å². The number of fused-ring (bicyclic) bond motifs is 1. The molecule has 59 valence electrons. The van der Waals surface area contributed by atoms with Gasteiger partial charge >= 0.3 is 0 Å². The molecule has 2 aromatic rings. The average molecular weight is 157 g/mol. The summed E-state index contributed by atoms with van der Waals surface area (Å²) in [5.41, 5.74) is 8.12. The number of benzene rings is 1. The van der Waals surface area contributed by atoms with E-state index in [1.165, 1.54) is 0 Å². The number of hydrogen-bond donors (Lipinski definition) is 0. The molecule has 1 aromatic carbocycles. The molecule has 0 aliphatic rings. The summed E-state index contributed by atoms with van der Waals surface area (Å²) in [5, 5.41) is 2.25. The minimum Gasteiger partial charge on any atom is -0.259 e. The van der Waals surface area contributed by atoms with Gasteiger partial charge in [0.2, 0.25) is 0 Å². The zero-order chi connectivity index (χ0) is 8.39. The zero-order valence-corrected chi connectivity index (χ0v) is 6.62. The van der Waals surface area contributed by atoms with Crippen LogP contribution in [0.15, 0.2) is 36.5 Å². The van der Waals surface area contributed by atoms with E-state index in [0.717, 1.165) is 16.5 Å². The monoisotopic (exact) mass is 157 g/mol. The molecule has 1 aromatic heterocycles. The van der Waals surface area contributed by atoms with Gasteiger partial charge in [-0.1, -0.05) is 24.3 Å². The van der Waals surface area contributed by atoms with Crippen molar-refractivity contribution in [2.75, 3.05) is 0 Å². The molecule has 0 saturated heterocycles. The first-order valence-electron chi connectivity index (χ1n) is 3.89. The Morgan fingerprint density at radius 3 is 2.83 bits per heavy atom. The maximum Gasteiger partial charge on any atom is 0.0633 e. The van der Waals surface area contributed by atoms with E-state index in [1.807, 2.05) is 30.3 Å². The van der Waals surface area contributed by atoms with E-state index >= 15 is 0 Å². The predicted octanol–water partition coefficient (Wildman–Crippen LogP) is 2.02. The number of rotatable bonds is 1. The molecule has 1 radical (unpaired) electrons. The van der Waals surface area contributed by atoms with Gasteiger partial charge < -0.3 is 0 Å². The van der Waals surface area contributed by atoms with Crippen LogP contribution in [0.25, 0.3) is 10.8 Å². The SMILES string of the molecule is [NH]Cc1nccc2ccccc12. The lowest BCUT2D eigenvalue weighted by Crippen LogP contribution is -1.90. The highest BCUT2D eigenvalue weighted by molar-refractivity contribution is 5.84. The van der Waals surface area contributed by atoms with Gasteiger partial charge in [0.05, 0.1) is 12.2 Å². The topological polar surface area (TPSA) is 36.7 Å². The third-order valence-electron chi connectivity index (χ3n) is 1.92. The van der Waals surface area contributed by atoms with Crippen molar-refractivity contribution in [1.29, 1.82) is 0 Å². The lowest BCUT2D eigenvalue weighted by Gasteiger charge is -2.00. The zero-order valence-electron chi connectivity index (χ0n) is 6.62. The Morgan fingerprint density at radius 2 is 2.00 bits per heavy atom. The summed E-state index contributed by atoms with van der Waals surface area (Å²) < 4.78 is 0. The number of aromatic nitrogens is 1. The number of hydrogen-bond acceptors (Lipinski definition) is 1. The van der Waals surface area contributed by atoms with Crippen LogP contribution in [0.3, 0.4) is 0 Å². The molecule has 0 saturated carbocycles. The normalized spacial score (nSPS) is 10.4. The van der Waals surface area contributed by atoms with Crippen LogP contribution in [0.2, 0.25) is 0 Å². The first kappa shape index (κ1) is 7.25. The minimum atomic E-state index is 0.251. The lowest BCUT2D eigenvalue weighted by molar-refractivity contribution is 0.976. The summed E-state index contributed by atoms with van der Waals surface area (Å²) in [7, 11) is 0. The van der Waals surface area contributed by atoms with E-state index in [-0.39, 0.29) is 6.54 Å². The highest BCUT2D eigenvalue weighted by Gasteiger charge is 1.97. The molecular formula is C10H9N2. The number of nitrogens with zero attached hydrogens (tertiary/aromatic N) is 1. The number of pyridine rings is 1. The first-order valence-corrected chi connectivity index (χ1v) is 3.89. The van der Waals surface area contributed by atoms with Crippen molar-refractivity contribution in [2.24, 2.45) is 0 Å². The van der Waals surface area contributed by atoms with Crippen LogP contribution in [0.4, 0.5) is 0 Å². The molecule has 0 atom stereocenters. The lowest BCUT2D eigenvalue weighted by atomic mass is 10.1. The molecule has 0 aliphatic carbocycles. The second kappa shape index (κ2) is 2.91.